The Bertz CT molecular complexity index is 1640. The number of pyridine rings is 1. The van der Waals surface area contributed by atoms with Crippen molar-refractivity contribution in [1.29, 1.82) is 0 Å². The summed E-state index contributed by atoms with van der Waals surface area (Å²) in [7, 11) is 3.74. The molecule has 1 fully saturated rings. The van der Waals surface area contributed by atoms with Gasteiger partial charge >= 0.3 is 6.03 Å². The molecule has 2 aromatic heterocycles. The van der Waals surface area contributed by atoms with Crippen LogP contribution in [0.2, 0.25) is 5.02 Å². The molecule has 4 aromatic rings. The summed E-state index contributed by atoms with van der Waals surface area (Å²) < 4.78 is 11.4. The summed E-state index contributed by atoms with van der Waals surface area (Å²) in [5.74, 6) is 3.00. The molecule has 0 radical (unpaired) electrons. The largest absolute Gasteiger partial charge is 0.495 e. The highest BCUT2D eigenvalue weighted by Gasteiger charge is 2.36. The van der Waals surface area contributed by atoms with Gasteiger partial charge in [-0.1, -0.05) is 29.8 Å². The van der Waals surface area contributed by atoms with Crippen molar-refractivity contribution >= 4 is 46.6 Å². The van der Waals surface area contributed by atoms with Gasteiger partial charge in [0.15, 0.2) is 5.82 Å². The zero-order chi connectivity index (χ0) is 30.8. The number of urea groups is 1. The van der Waals surface area contributed by atoms with Crippen LogP contribution in [0.3, 0.4) is 0 Å². The molecule has 2 aromatic carbocycles. The molecule has 0 unspecified atom stereocenters. The van der Waals surface area contributed by atoms with Gasteiger partial charge in [-0.25, -0.2) is 19.7 Å². The lowest BCUT2D eigenvalue weighted by atomic mass is 9.89. The number of ether oxygens (including phenoxy) is 2. The van der Waals surface area contributed by atoms with Crippen LogP contribution in [0.1, 0.15) is 42.4 Å². The summed E-state index contributed by atoms with van der Waals surface area (Å²) >= 11 is 6.61. The molecule has 0 saturated carbocycles. The van der Waals surface area contributed by atoms with E-state index in [1.54, 1.807) is 42.6 Å². The number of rotatable bonds is 8. The van der Waals surface area contributed by atoms with E-state index in [2.05, 4.69) is 39.4 Å². The first kappa shape index (κ1) is 29.7. The Morgan fingerprint density at radius 2 is 1.89 bits per heavy atom. The number of nitrogens with zero attached hydrogens (tertiary/aromatic N) is 6. The molecule has 44 heavy (non-hydrogen) atoms. The lowest BCUT2D eigenvalue weighted by molar-refractivity contribution is 0.252. The van der Waals surface area contributed by atoms with E-state index in [4.69, 9.17) is 26.1 Å². The molecular weight excluding hydrogens is 578 g/mol. The van der Waals surface area contributed by atoms with Crippen molar-refractivity contribution in [2.45, 2.75) is 39.2 Å². The first-order valence-electron chi connectivity index (χ1n) is 14.8. The fourth-order valence-electron chi connectivity index (χ4n) is 5.82. The number of carbonyl (C=O) groups excluding carboxylic acids is 1. The van der Waals surface area contributed by atoms with E-state index in [-0.39, 0.29) is 12.6 Å². The average Bonchev–Trinajstić information content (AvgIpc) is 3.03. The van der Waals surface area contributed by atoms with Crippen LogP contribution in [-0.2, 0) is 6.54 Å². The Morgan fingerprint density at radius 1 is 1.07 bits per heavy atom. The predicted molar refractivity (Wildman–Crippen MR) is 173 cm³/mol. The molecule has 1 N–H and O–H groups in total. The van der Waals surface area contributed by atoms with Crippen molar-refractivity contribution in [3.05, 3.63) is 82.6 Å². The molecule has 228 valence electrons. The maximum atomic E-state index is 14.2. The van der Waals surface area contributed by atoms with Gasteiger partial charge in [0.25, 0.3) is 0 Å². The minimum atomic E-state index is -0.325. The fraction of sp³-hybridized carbons (Fsp3) is 0.333. The minimum absolute atomic E-state index is 0.251. The summed E-state index contributed by atoms with van der Waals surface area (Å²) in [6, 6.07) is 15.0. The number of methoxy groups -OCH3 is 1. The number of benzene rings is 2. The van der Waals surface area contributed by atoms with Crippen molar-refractivity contribution in [2.75, 3.05) is 49.0 Å². The Hall–Kier alpha value is -4.41. The summed E-state index contributed by atoms with van der Waals surface area (Å²) in [4.78, 5) is 33.7. The lowest BCUT2D eigenvalue weighted by Crippen LogP contribution is -2.46. The van der Waals surface area contributed by atoms with E-state index in [0.717, 1.165) is 48.5 Å². The minimum Gasteiger partial charge on any atom is -0.495 e. The first-order valence-corrected chi connectivity index (χ1v) is 15.2. The predicted octanol–water partition coefficient (Wildman–Crippen LogP) is 7.07. The molecule has 2 amide bonds. The summed E-state index contributed by atoms with van der Waals surface area (Å²) in [5.41, 5.74) is 4.29. The number of piperidine rings is 1. The van der Waals surface area contributed by atoms with Crippen molar-refractivity contribution in [2.24, 2.45) is 0 Å². The number of para-hydroxylation sites is 1. The maximum absolute atomic E-state index is 14.2. The van der Waals surface area contributed by atoms with E-state index in [1.807, 2.05) is 32.0 Å². The van der Waals surface area contributed by atoms with Crippen LogP contribution in [-0.4, -0.2) is 59.7 Å². The number of hydrogen-bond acceptors (Lipinski definition) is 8. The van der Waals surface area contributed by atoms with Gasteiger partial charge in [0.2, 0.25) is 5.95 Å². The molecule has 10 nitrogen and oxygen atoms in total. The number of aromatic nitrogens is 3. The second-order valence-electron chi connectivity index (χ2n) is 11.1. The zero-order valence-electron chi connectivity index (χ0n) is 25.4. The molecule has 0 atom stereocenters. The topological polar surface area (TPSA) is 96.0 Å². The van der Waals surface area contributed by atoms with Crippen LogP contribution >= 0.6 is 11.6 Å². The van der Waals surface area contributed by atoms with Crippen LogP contribution in [0.15, 0.2) is 60.9 Å². The molecule has 4 heterocycles. The zero-order valence-corrected chi connectivity index (χ0v) is 26.1. The number of amides is 2. The normalized spacial score (nSPS) is 15.7. The highest BCUT2D eigenvalue weighted by atomic mass is 35.5. The lowest BCUT2D eigenvalue weighted by Gasteiger charge is -2.36. The SMILES string of the molecule is CCOc1cc(C2CCN(C)CC2)ccc1Nc1ncc2c(n1)N(c1ccc(OC)cn1)C(=O)N(c1c(C)cccc1Cl)C2. The number of likely N-dealkylation sites (tertiary alicyclic amines) is 1. The maximum Gasteiger partial charge on any atom is 0.336 e. The first-order chi connectivity index (χ1) is 21.4. The van der Waals surface area contributed by atoms with Crippen LogP contribution in [0.5, 0.6) is 11.5 Å². The highest BCUT2D eigenvalue weighted by Crippen LogP contribution is 2.40. The molecule has 0 bridgehead atoms. The second kappa shape index (κ2) is 12.7. The van der Waals surface area contributed by atoms with Gasteiger partial charge in [0.1, 0.15) is 17.3 Å². The fourth-order valence-corrected chi connectivity index (χ4v) is 6.14. The number of halogens is 1. The molecule has 1 saturated heterocycles. The van der Waals surface area contributed by atoms with Crippen molar-refractivity contribution in [3.63, 3.8) is 0 Å². The number of anilines is 5. The van der Waals surface area contributed by atoms with E-state index < -0.39 is 0 Å². The van der Waals surface area contributed by atoms with Gasteiger partial charge in [-0.15, -0.1) is 0 Å². The van der Waals surface area contributed by atoms with Crippen LogP contribution in [0.25, 0.3) is 0 Å². The van der Waals surface area contributed by atoms with Gasteiger partial charge in [0.05, 0.1) is 42.9 Å². The second-order valence-corrected chi connectivity index (χ2v) is 11.5. The van der Waals surface area contributed by atoms with Gasteiger partial charge in [-0.2, -0.15) is 4.98 Å². The Balaban J connectivity index is 1.36. The number of carbonyl (C=O) groups is 1. The third-order valence-electron chi connectivity index (χ3n) is 8.19. The smallest absolute Gasteiger partial charge is 0.336 e. The van der Waals surface area contributed by atoms with Crippen LogP contribution in [0.4, 0.5) is 33.8 Å². The van der Waals surface area contributed by atoms with Crippen molar-refractivity contribution in [1.82, 2.24) is 19.9 Å². The number of hydrogen-bond donors (Lipinski definition) is 1. The molecular formula is C33H36ClN7O3. The Labute approximate surface area is 262 Å². The summed E-state index contributed by atoms with van der Waals surface area (Å²) in [5, 5.41) is 3.82. The van der Waals surface area contributed by atoms with Crippen molar-refractivity contribution < 1.29 is 14.3 Å². The van der Waals surface area contributed by atoms with Gasteiger partial charge in [-0.05, 0) is 94.2 Å². The molecule has 0 spiro atoms. The van der Waals surface area contributed by atoms with E-state index >= 15 is 0 Å². The van der Waals surface area contributed by atoms with Crippen molar-refractivity contribution in [3.8, 4) is 11.5 Å². The van der Waals surface area contributed by atoms with Gasteiger partial charge < -0.3 is 19.7 Å². The number of aryl methyl sites for hydroxylation is 1. The standard InChI is InChI=1S/C33H36ClN7O3/c1-5-44-28-17-23(22-13-15-39(3)16-14-22)9-11-27(28)37-32-36-18-24-20-40(30-21(2)7-6-8-26(30)34)33(42)41(31(24)38-32)29-12-10-25(43-4)19-35-29/h6-12,17-19,22H,5,13-16,20H2,1-4H3,(H,36,37,38). The third kappa shape index (κ3) is 5.87. The van der Waals surface area contributed by atoms with Gasteiger partial charge in [-0.3, -0.25) is 4.90 Å². The van der Waals surface area contributed by atoms with E-state index in [1.165, 1.54) is 10.5 Å². The van der Waals surface area contributed by atoms with Crippen LogP contribution in [0, 0.1) is 6.92 Å². The Morgan fingerprint density at radius 3 is 2.59 bits per heavy atom. The molecule has 2 aliphatic heterocycles. The summed E-state index contributed by atoms with van der Waals surface area (Å²) in [6.45, 7) is 6.85. The van der Waals surface area contributed by atoms with E-state index in [0.29, 0.717) is 46.6 Å². The van der Waals surface area contributed by atoms with E-state index in [9.17, 15) is 4.79 Å². The quantitative estimate of drug-likeness (QED) is 0.225. The summed E-state index contributed by atoms with van der Waals surface area (Å²) in [6.07, 6.45) is 5.55. The highest BCUT2D eigenvalue weighted by molar-refractivity contribution is 6.34. The third-order valence-corrected chi connectivity index (χ3v) is 8.50. The monoisotopic (exact) mass is 613 g/mol. The number of fused-ring (bicyclic) bond motifs is 1. The molecule has 2 aliphatic rings. The molecule has 11 heteroatoms. The molecule has 0 aliphatic carbocycles. The molecule has 6 rings (SSSR count). The Kier molecular flexibility index (Phi) is 8.54. The van der Waals surface area contributed by atoms with Crippen LogP contribution < -0.4 is 24.6 Å². The average molecular weight is 614 g/mol. The van der Waals surface area contributed by atoms with Gasteiger partial charge in [0, 0.05) is 11.8 Å². The number of nitrogens with one attached hydrogen (secondary N) is 1.